The van der Waals surface area contributed by atoms with Crippen LogP contribution in [-0.2, 0) is 14.4 Å². The summed E-state index contributed by atoms with van der Waals surface area (Å²) < 4.78 is 0. The molecule has 4 rings (SSSR count). The van der Waals surface area contributed by atoms with Gasteiger partial charge in [0.15, 0.2) is 0 Å². The number of piperidine rings is 1. The van der Waals surface area contributed by atoms with Crippen LogP contribution in [0.25, 0.3) is 0 Å². The van der Waals surface area contributed by atoms with Crippen molar-refractivity contribution in [1.82, 2.24) is 14.7 Å². The van der Waals surface area contributed by atoms with Gasteiger partial charge in [0.05, 0.1) is 24.3 Å². The molecule has 11 nitrogen and oxygen atoms in total. The van der Waals surface area contributed by atoms with E-state index < -0.39 is 35.6 Å². The number of likely N-dealkylation sites (tertiary alicyclic amines) is 2. The average molecular weight is 460 g/mol. The van der Waals surface area contributed by atoms with E-state index in [-0.39, 0.29) is 43.2 Å². The molecule has 2 fully saturated rings. The molecule has 0 saturated carbocycles. The number of hydrogen-bond donors (Lipinski definition) is 3. The van der Waals surface area contributed by atoms with E-state index in [1.807, 2.05) is 11.8 Å². The van der Waals surface area contributed by atoms with Gasteiger partial charge < -0.3 is 15.9 Å². The van der Waals surface area contributed by atoms with Crippen molar-refractivity contribution in [1.29, 1.82) is 0 Å². The predicted octanol–water partition coefficient (Wildman–Crippen LogP) is -0.0700. The molecule has 0 radical (unpaired) electrons. The van der Waals surface area contributed by atoms with Gasteiger partial charge in [-0.2, -0.15) is 0 Å². The highest BCUT2D eigenvalue weighted by atomic mass is 16.4. The van der Waals surface area contributed by atoms with E-state index in [1.165, 1.54) is 18.2 Å². The first-order valence-electron chi connectivity index (χ1n) is 10.9. The molecule has 2 saturated heterocycles. The number of imide groups is 2. The third-order valence-electron chi connectivity index (χ3n) is 6.12. The van der Waals surface area contributed by atoms with Gasteiger partial charge >= 0.3 is 5.97 Å². The van der Waals surface area contributed by atoms with Crippen molar-refractivity contribution >= 4 is 35.3 Å². The maximum atomic E-state index is 12.5. The number of hydrogen-bond acceptors (Lipinski definition) is 8. The summed E-state index contributed by atoms with van der Waals surface area (Å²) in [5, 5.41) is 17.6. The lowest BCUT2D eigenvalue weighted by Gasteiger charge is -2.34. The van der Waals surface area contributed by atoms with Crippen LogP contribution in [0, 0.1) is 0 Å². The number of aliphatic hydroxyl groups excluding tert-OH is 1. The second kappa shape index (κ2) is 10.1. The van der Waals surface area contributed by atoms with Crippen LogP contribution in [0.3, 0.4) is 0 Å². The lowest BCUT2D eigenvalue weighted by molar-refractivity contribution is -0.152. The second-order valence-corrected chi connectivity index (χ2v) is 8.07. The number of carboxylic acid groups (broad SMARTS) is 1. The van der Waals surface area contributed by atoms with Crippen LogP contribution < -0.4 is 5.73 Å². The minimum absolute atomic E-state index is 0.0337. The number of likely N-dealkylation sites (N-methyl/N-ethyl adjacent to an activating group) is 1. The van der Waals surface area contributed by atoms with E-state index in [1.54, 1.807) is 0 Å². The van der Waals surface area contributed by atoms with E-state index in [2.05, 4.69) is 0 Å². The van der Waals surface area contributed by atoms with E-state index in [0.29, 0.717) is 5.69 Å². The Hall–Kier alpha value is -3.31. The fourth-order valence-electron chi connectivity index (χ4n) is 4.44. The molecule has 0 aliphatic carbocycles. The molecular formula is C22H28N4O7. The van der Waals surface area contributed by atoms with Crippen LogP contribution in [-0.4, -0.2) is 92.8 Å². The Morgan fingerprint density at radius 1 is 1.12 bits per heavy atom. The second-order valence-electron chi connectivity index (χ2n) is 8.07. The molecule has 1 aromatic carbocycles. The van der Waals surface area contributed by atoms with Crippen molar-refractivity contribution < 1.29 is 34.2 Å². The Kier molecular flexibility index (Phi) is 7.44. The molecule has 3 aliphatic rings. The Labute approximate surface area is 190 Å². The van der Waals surface area contributed by atoms with Crippen LogP contribution in [0.1, 0.15) is 53.3 Å². The highest BCUT2D eigenvalue weighted by Gasteiger charge is 2.46. The lowest BCUT2D eigenvalue weighted by Crippen LogP contribution is -2.56. The Bertz CT molecular complexity index is 979. The number of amides is 4. The Balaban J connectivity index is 0.000000257. The summed E-state index contributed by atoms with van der Waals surface area (Å²) in [5.41, 5.74) is 6.34. The summed E-state index contributed by atoms with van der Waals surface area (Å²) in [6.45, 7) is 3.29. The number of aliphatic carboxylic acids is 1. The molecule has 11 heteroatoms. The Morgan fingerprint density at radius 3 is 2.42 bits per heavy atom. The van der Waals surface area contributed by atoms with Crippen LogP contribution in [0.2, 0.25) is 0 Å². The standard InChI is InChI=1S/C15H15N3O5.C7H13NO2/c16-8-1-2-9-10(7-8)14(22)18(13(9)21)11-3-4-12(20)17(5-6-19)15(11)23;1-2-8-5-3-4-6(8)7(9)10/h1-2,7,11,19H,3-6,16H2;6H,2-5H2,1H3,(H,9,10)/t;6-/m.0/s1. The fraction of sp³-hybridized carbons (Fsp3) is 0.500. The molecule has 2 atom stereocenters. The largest absolute Gasteiger partial charge is 0.480 e. The van der Waals surface area contributed by atoms with Crippen LogP contribution in [0.15, 0.2) is 18.2 Å². The highest BCUT2D eigenvalue weighted by molar-refractivity contribution is 6.23. The van der Waals surface area contributed by atoms with Gasteiger partial charge in [0.2, 0.25) is 5.91 Å². The van der Waals surface area contributed by atoms with Gasteiger partial charge in [-0.15, -0.1) is 0 Å². The van der Waals surface area contributed by atoms with Gasteiger partial charge in [-0.05, 0) is 50.6 Å². The van der Waals surface area contributed by atoms with Crippen molar-refractivity contribution in [3.63, 3.8) is 0 Å². The maximum absolute atomic E-state index is 12.5. The number of aliphatic hydroxyl groups is 1. The number of benzene rings is 1. The summed E-state index contributed by atoms with van der Waals surface area (Å²) >= 11 is 0. The Morgan fingerprint density at radius 2 is 1.82 bits per heavy atom. The fourth-order valence-corrected chi connectivity index (χ4v) is 4.44. The minimum atomic E-state index is -1.03. The molecule has 33 heavy (non-hydrogen) atoms. The summed E-state index contributed by atoms with van der Waals surface area (Å²) in [7, 11) is 0. The van der Waals surface area contributed by atoms with E-state index in [4.69, 9.17) is 15.9 Å². The smallest absolute Gasteiger partial charge is 0.320 e. The van der Waals surface area contributed by atoms with Gasteiger partial charge in [0, 0.05) is 12.1 Å². The van der Waals surface area contributed by atoms with Gasteiger partial charge in [0.25, 0.3) is 17.7 Å². The number of β-amino-alcohol motifs (C(OH)–C–C–N with tert-alkyl or cyclic N) is 1. The number of carbonyl (C=O) groups is 5. The summed E-state index contributed by atoms with van der Waals surface area (Å²) in [6, 6.07) is 3.13. The molecule has 3 heterocycles. The van der Waals surface area contributed by atoms with Gasteiger partial charge in [-0.1, -0.05) is 6.92 Å². The highest BCUT2D eigenvalue weighted by Crippen LogP contribution is 2.30. The number of anilines is 1. The number of nitrogen functional groups attached to an aromatic ring is 1. The van der Waals surface area contributed by atoms with Crippen LogP contribution >= 0.6 is 0 Å². The van der Waals surface area contributed by atoms with E-state index in [0.717, 1.165) is 35.7 Å². The molecule has 3 aliphatic heterocycles. The van der Waals surface area contributed by atoms with Gasteiger partial charge in [-0.3, -0.25) is 38.7 Å². The molecule has 4 amide bonds. The van der Waals surface area contributed by atoms with Crippen molar-refractivity contribution in [2.75, 3.05) is 32.0 Å². The maximum Gasteiger partial charge on any atom is 0.320 e. The number of carboxylic acids is 1. The number of carbonyl (C=O) groups excluding carboxylic acids is 4. The summed E-state index contributed by atoms with van der Waals surface area (Å²) in [4.78, 5) is 63.5. The first kappa shape index (κ1) is 24.3. The quantitative estimate of drug-likeness (QED) is 0.403. The molecule has 1 aromatic rings. The molecule has 0 spiro atoms. The van der Waals surface area contributed by atoms with Crippen molar-refractivity contribution in [3.8, 4) is 0 Å². The number of nitrogens with two attached hydrogens (primary N) is 1. The normalized spacial score (nSPS) is 23.0. The molecule has 178 valence electrons. The molecule has 0 aromatic heterocycles. The first-order chi connectivity index (χ1) is 15.7. The predicted molar refractivity (Wildman–Crippen MR) is 116 cm³/mol. The number of rotatable bonds is 5. The van der Waals surface area contributed by atoms with E-state index >= 15 is 0 Å². The third kappa shape index (κ3) is 4.74. The van der Waals surface area contributed by atoms with Crippen LogP contribution in [0.4, 0.5) is 5.69 Å². The van der Waals surface area contributed by atoms with Crippen LogP contribution in [0.5, 0.6) is 0 Å². The molecule has 1 unspecified atom stereocenters. The van der Waals surface area contributed by atoms with Gasteiger partial charge in [0.1, 0.15) is 12.1 Å². The zero-order chi connectivity index (χ0) is 24.3. The van der Waals surface area contributed by atoms with Crippen molar-refractivity contribution in [2.24, 2.45) is 0 Å². The summed E-state index contributed by atoms with van der Waals surface area (Å²) in [5.74, 6) is -2.88. The summed E-state index contributed by atoms with van der Waals surface area (Å²) in [6.07, 6.45) is 1.97. The van der Waals surface area contributed by atoms with E-state index in [9.17, 15) is 24.0 Å². The number of nitrogens with zero attached hydrogens (tertiary/aromatic N) is 3. The molecule has 0 bridgehead atoms. The monoisotopic (exact) mass is 460 g/mol. The topological polar surface area (TPSA) is 162 Å². The SMILES string of the molecule is CCN1CCC[C@H]1C(=O)O.Nc1ccc2c(c1)C(=O)N(C1CCC(=O)N(CCO)C1=O)C2=O. The minimum Gasteiger partial charge on any atom is -0.480 e. The van der Waals surface area contributed by atoms with Crippen molar-refractivity contribution in [2.45, 2.75) is 44.7 Å². The van der Waals surface area contributed by atoms with Gasteiger partial charge in [-0.25, -0.2) is 0 Å². The average Bonchev–Trinajstić information content (AvgIpc) is 3.36. The zero-order valence-electron chi connectivity index (χ0n) is 18.4. The molecule has 4 N–H and O–H groups in total. The number of fused-ring (bicyclic) bond motifs is 1. The zero-order valence-corrected chi connectivity index (χ0v) is 18.4. The lowest BCUT2D eigenvalue weighted by atomic mass is 10.0. The third-order valence-corrected chi connectivity index (χ3v) is 6.12. The molecular weight excluding hydrogens is 432 g/mol. The van der Waals surface area contributed by atoms with Crippen molar-refractivity contribution in [3.05, 3.63) is 29.3 Å². The first-order valence-corrected chi connectivity index (χ1v) is 10.9.